The number of rotatable bonds is 5. The Morgan fingerprint density at radius 2 is 2.04 bits per heavy atom. The largest absolute Gasteiger partial charge is 0.364 e. The number of carbonyl (C=O) groups is 2. The number of anilines is 1. The summed E-state index contributed by atoms with van der Waals surface area (Å²) in [6, 6.07) is 0. The molecule has 0 unspecified atom stereocenters. The minimum absolute atomic E-state index is 0.0713. The molecule has 0 aliphatic heterocycles. The molecule has 0 spiro atoms. The maximum atomic E-state index is 12.3. The zero-order valence-electron chi connectivity index (χ0n) is 12.7. The van der Waals surface area contributed by atoms with Crippen molar-refractivity contribution in [2.24, 2.45) is 12.8 Å². The summed E-state index contributed by atoms with van der Waals surface area (Å²) in [6.07, 6.45) is 1.42. The number of nitrogens with zero attached hydrogens (tertiary/aromatic N) is 5. The number of primary amides is 1. The number of hydrogen-bond donors (Lipinski definition) is 2. The number of aromatic nitrogens is 4. The zero-order valence-corrected chi connectivity index (χ0v) is 12.7. The minimum Gasteiger partial charge on any atom is -0.364 e. The van der Waals surface area contributed by atoms with Crippen molar-refractivity contribution in [2.45, 2.75) is 20.4 Å². The van der Waals surface area contributed by atoms with Gasteiger partial charge in [0.25, 0.3) is 11.8 Å². The molecule has 11 heteroatoms. The van der Waals surface area contributed by atoms with Crippen molar-refractivity contribution in [3.63, 3.8) is 0 Å². The van der Waals surface area contributed by atoms with Crippen molar-refractivity contribution in [2.75, 3.05) is 5.32 Å². The van der Waals surface area contributed by atoms with Crippen LogP contribution in [0.3, 0.4) is 0 Å². The van der Waals surface area contributed by atoms with Crippen molar-refractivity contribution in [1.82, 2.24) is 19.6 Å². The van der Waals surface area contributed by atoms with E-state index in [2.05, 4.69) is 15.5 Å². The predicted octanol–water partition coefficient (Wildman–Crippen LogP) is 0.204. The molecule has 2 aromatic rings. The lowest BCUT2D eigenvalue weighted by Gasteiger charge is -2.01. The van der Waals surface area contributed by atoms with Crippen LogP contribution in [0.15, 0.2) is 6.20 Å². The van der Waals surface area contributed by atoms with Crippen LogP contribution in [-0.4, -0.2) is 36.3 Å². The van der Waals surface area contributed by atoms with Crippen LogP contribution in [0.4, 0.5) is 11.4 Å². The Labute approximate surface area is 130 Å². The average Bonchev–Trinajstić information content (AvgIpc) is 3.01. The van der Waals surface area contributed by atoms with Gasteiger partial charge in [0.15, 0.2) is 5.69 Å². The summed E-state index contributed by atoms with van der Waals surface area (Å²) in [5.74, 6) is -1.64. The maximum Gasteiger partial charge on any atom is 0.322 e. The molecule has 2 amide bonds. The number of nitrogens with one attached hydrogen (secondary N) is 1. The van der Waals surface area contributed by atoms with E-state index in [1.54, 1.807) is 6.92 Å². The molecule has 2 aromatic heterocycles. The second-order valence-electron chi connectivity index (χ2n) is 4.73. The lowest BCUT2D eigenvalue weighted by Crippen LogP contribution is -2.19. The van der Waals surface area contributed by atoms with Crippen molar-refractivity contribution in [1.29, 1.82) is 0 Å². The van der Waals surface area contributed by atoms with Crippen LogP contribution >= 0.6 is 0 Å². The van der Waals surface area contributed by atoms with E-state index in [4.69, 9.17) is 5.73 Å². The second-order valence-corrected chi connectivity index (χ2v) is 4.73. The van der Waals surface area contributed by atoms with Gasteiger partial charge < -0.3 is 11.1 Å². The van der Waals surface area contributed by atoms with Gasteiger partial charge in [-0.1, -0.05) is 0 Å². The molecule has 0 aliphatic carbocycles. The molecule has 0 atom stereocenters. The number of amides is 2. The fourth-order valence-electron chi connectivity index (χ4n) is 2.01. The highest BCUT2D eigenvalue weighted by Crippen LogP contribution is 2.23. The Balaban J connectivity index is 2.41. The van der Waals surface area contributed by atoms with Gasteiger partial charge in [-0.15, -0.1) is 0 Å². The van der Waals surface area contributed by atoms with E-state index >= 15 is 0 Å². The number of hydrogen-bond acceptors (Lipinski definition) is 6. The van der Waals surface area contributed by atoms with Crippen LogP contribution in [-0.2, 0) is 13.6 Å². The molecule has 0 radical (unpaired) electrons. The average molecular weight is 321 g/mol. The summed E-state index contributed by atoms with van der Waals surface area (Å²) < 4.78 is 2.64. The van der Waals surface area contributed by atoms with Gasteiger partial charge in [-0.05, 0) is 13.8 Å². The second kappa shape index (κ2) is 5.87. The molecule has 0 saturated heterocycles. The molecule has 2 heterocycles. The molecule has 2 rings (SSSR count). The summed E-state index contributed by atoms with van der Waals surface area (Å²) in [5, 5.41) is 21.3. The first-order valence-electron chi connectivity index (χ1n) is 6.62. The van der Waals surface area contributed by atoms with E-state index < -0.39 is 22.4 Å². The number of aryl methyl sites for hydroxylation is 2. The Morgan fingerprint density at radius 1 is 1.39 bits per heavy atom. The van der Waals surface area contributed by atoms with Crippen LogP contribution in [0.1, 0.15) is 33.6 Å². The molecule has 11 nitrogen and oxygen atoms in total. The lowest BCUT2D eigenvalue weighted by atomic mass is 10.2. The van der Waals surface area contributed by atoms with Gasteiger partial charge in [-0.2, -0.15) is 10.2 Å². The third-order valence-electron chi connectivity index (χ3n) is 3.27. The predicted molar refractivity (Wildman–Crippen MR) is 79.0 cm³/mol. The maximum absolute atomic E-state index is 12.3. The topological polar surface area (TPSA) is 151 Å². The third kappa shape index (κ3) is 2.88. The van der Waals surface area contributed by atoms with E-state index in [9.17, 15) is 19.7 Å². The van der Waals surface area contributed by atoms with Gasteiger partial charge in [0.05, 0.1) is 10.6 Å². The summed E-state index contributed by atoms with van der Waals surface area (Å²) in [5.41, 5.74) is 4.64. The summed E-state index contributed by atoms with van der Waals surface area (Å²) in [7, 11) is 1.49. The van der Waals surface area contributed by atoms with Crippen molar-refractivity contribution >= 4 is 23.2 Å². The van der Waals surface area contributed by atoms with Crippen LogP contribution < -0.4 is 11.1 Å². The highest BCUT2D eigenvalue weighted by atomic mass is 16.6. The fourth-order valence-corrected chi connectivity index (χ4v) is 2.01. The van der Waals surface area contributed by atoms with E-state index in [0.29, 0.717) is 6.54 Å². The molecule has 0 aromatic carbocycles. The van der Waals surface area contributed by atoms with Crippen LogP contribution in [0.5, 0.6) is 0 Å². The minimum atomic E-state index is -0.821. The molecule has 0 saturated carbocycles. The van der Waals surface area contributed by atoms with Crippen molar-refractivity contribution in [3.8, 4) is 0 Å². The Kier molecular flexibility index (Phi) is 4.12. The highest BCUT2D eigenvalue weighted by molar-refractivity contribution is 6.09. The molecular weight excluding hydrogens is 306 g/mol. The Morgan fingerprint density at radius 3 is 2.57 bits per heavy atom. The van der Waals surface area contributed by atoms with Gasteiger partial charge >= 0.3 is 5.69 Å². The standard InChI is InChI=1S/C12H15N7O4/c1-4-18-5-7(8(16-18)11(13)20)14-12(21)9-10(19(22)23)6(2)17(3)15-9/h5H,4H2,1-3H3,(H2,13,20)(H,14,21). The van der Waals surface area contributed by atoms with Gasteiger partial charge in [-0.3, -0.25) is 29.1 Å². The number of nitrogens with two attached hydrogens (primary N) is 1. The van der Waals surface area contributed by atoms with E-state index in [-0.39, 0.29) is 22.8 Å². The zero-order chi connectivity index (χ0) is 17.3. The molecule has 122 valence electrons. The highest BCUT2D eigenvalue weighted by Gasteiger charge is 2.30. The monoisotopic (exact) mass is 321 g/mol. The lowest BCUT2D eigenvalue weighted by molar-refractivity contribution is -0.385. The normalized spacial score (nSPS) is 10.6. The molecule has 0 aliphatic rings. The summed E-state index contributed by atoms with van der Waals surface area (Å²) in [4.78, 5) is 34.1. The quantitative estimate of drug-likeness (QED) is 0.593. The van der Waals surface area contributed by atoms with Crippen molar-refractivity contribution < 1.29 is 14.5 Å². The first-order valence-corrected chi connectivity index (χ1v) is 6.62. The molecule has 0 fully saturated rings. The van der Waals surface area contributed by atoms with E-state index in [1.165, 1.54) is 29.5 Å². The SMILES string of the molecule is CCn1cc(NC(=O)c2nn(C)c(C)c2[N+](=O)[O-])c(C(N)=O)n1. The van der Waals surface area contributed by atoms with Crippen LogP contribution in [0.2, 0.25) is 0 Å². The van der Waals surface area contributed by atoms with Crippen LogP contribution in [0, 0.1) is 17.0 Å². The van der Waals surface area contributed by atoms with Crippen LogP contribution in [0.25, 0.3) is 0 Å². The smallest absolute Gasteiger partial charge is 0.322 e. The van der Waals surface area contributed by atoms with Gasteiger partial charge in [-0.25, -0.2) is 0 Å². The van der Waals surface area contributed by atoms with Crippen molar-refractivity contribution in [3.05, 3.63) is 33.4 Å². The van der Waals surface area contributed by atoms with Gasteiger partial charge in [0.2, 0.25) is 5.69 Å². The number of carbonyl (C=O) groups excluding carboxylic acids is 2. The van der Waals surface area contributed by atoms with E-state index in [0.717, 1.165) is 0 Å². The first kappa shape index (κ1) is 16.1. The van der Waals surface area contributed by atoms with Gasteiger partial charge in [0.1, 0.15) is 5.69 Å². The molecular formula is C12H15N7O4. The summed E-state index contributed by atoms with van der Waals surface area (Å²) in [6.45, 7) is 3.72. The summed E-state index contributed by atoms with van der Waals surface area (Å²) >= 11 is 0. The molecule has 23 heavy (non-hydrogen) atoms. The number of nitro groups is 1. The molecule has 0 bridgehead atoms. The fraction of sp³-hybridized carbons (Fsp3) is 0.333. The Bertz CT molecular complexity index is 805. The Hall–Kier alpha value is -3.24. The van der Waals surface area contributed by atoms with E-state index in [1.807, 2.05) is 0 Å². The third-order valence-corrected chi connectivity index (χ3v) is 3.27. The van der Waals surface area contributed by atoms with Gasteiger partial charge in [0, 0.05) is 19.8 Å². The molecule has 3 N–H and O–H groups in total. The first-order chi connectivity index (χ1) is 10.8.